The smallest absolute Gasteiger partial charge is 0.327 e. The van der Waals surface area contributed by atoms with E-state index in [2.05, 4.69) is 17.1 Å². The fourth-order valence-electron chi connectivity index (χ4n) is 2.23. The summed E-state index contributed by atoms with van der Waals surface area (Å²) in [7, 11) is 0. The van der Waals surface area contributed by atoms with Gasteiger partial charge in [-0.1, -0.05) is 6.92 Å². The van der Waals surface area contributed by atoms with Crippen LogP contribution in [-0.2, 0) is 14.3 Å². The summed E-state index contributed by atoms with van der Waals surface area (Å²) in [4.78, 5) is 14.4. The summed E-state index contributed by atoms with van der Waals surface area (Å²) in [6.07, 6.45) is 0. The third kappa shape index (κ3) is 7.22. The lowest BCUT2D eigenvalue weighted by Gasteiger charge is -2.35. The molecule has 0 saturated heterocycles. The Bertz CT molecular complexity index is 272. The van der Waals surface area contributed by atoms with Crippen LogP contribution < -0.4 is 5.32 Å². The molecule has 0 saturated carbocycles. The van der Waals surface area contributed by atoms with Gasteiger partial charge in [-0.2, -0.15) is 0 Å². The Morgan fingerprint density at radius 3 is 2.35 bits per heavy atom. The van der Waals surface area contributed by atoms with E-state index in [1.165, 1.54) is 0 Å². The molecule has 0 aromatic heterocycles. The maximum absolute atomic E-state index is 12.2. The van der Waals surface area contributed by atoms with E-state index in [-0.39, 0.29) is 12.0 Å². The molecule has 0 aliphatic heterocycles. The second kappa shape index (κ2) is 10.1. The molecule has 120 valence electrons. The fraction of sp³-hybridized carbons (Fsp3) is 0.933. The summed E-state index contributed by atoms with van der Waals surface area (Å²) >= 11 is 0. The predicted octanol–water partition coefficient (Wildman–Crippen LogP) is 1.66. The third-order valence-electron chi connectivity index (χ3n) is 3.08. The van der Waals surface area contributed by atoms with Crippen molar-refractivity contribution in [3.63, 3.8) is 0 Å². The number of hydrogen-bond acceptors (Lipinski definition) is 5. The monoisotopic (exact) mass is 288 g/mol. The first-order valence-corrected chi connectivity index (χ1v) is 7.64. The van der Waals surface area contributed by atoms with Gasteiger partial charge in [0.05, 0.1) is 13.2 Å². The standard InChI is InChI=1S/C15H32N2O3/c1-7-17(10-11-19-8-2)12-15(6,16-13(4)5)14(18)20-9-3/h13,16H,7-12H2,1-6H3. The lowest BCUT2D eigenvalue weighted by molar-refractivity contribution is -0.151. The van der Waals surface area contributed by atoms with E-state index in [1.807, 2.05) is 34.6 Å². The highest BCUT2D eigenvalue weighted by Gasteiger charge is 2.36. The molecule has 5 nitrogen and oxygen atoms in total. The number of nitrogens with one attached hydrogen (secondary N) is 1. The van der Waals surface area contributed by atoms with Gasteiger partial charge in [0.1, 0.15) is 5.54 Å². The van der Waals surface area contributed by atoms with Gasteiger partial charge in [-0.05, 0) is 41.2 Å². The Morgan fingerprint density at radius 1 is 1.25 bits per heavy atom. The summed E-state index contributed by atoms with van der Waals surface area (Å²) < 4.78 is 10.6. The van der Waals surface area contributed by atoms with Crippen LogP contribution in [0.25, 0.3) is 0 Å². The first-order chi connectivity index (χ1) is 9.39. The van der Waals surface area contributed by atoms with Crippen molar-refractivity contribution in [1.82, 2.24) is 10.2 Å². The second-order valence-electron chi connectivity index (χ2n) is 5.42. The molecule has 20 heavy (non-hydrogen) atoms. The van der Waals surface area contributed by atoms with E-state index < -0.39 is 5.54 Å². The van der Waals surface area contributed by atoms with Crippen LogP contribution in [0.1, 0.15) is 41.5 Å². The van der Waals surface area contributed by atoms with Crippen molar-refractivity contribution in [2.24, 2.45) is 0 Å². The van der Waals surface area contributed by atoms with Crippen molar-refractivity contribution < 1.29 is 14.3 Å². The summed E-state index contributed by atoms with van der Waals surface area (Å²) in [5.41, 5.74) is -0.688. The molecular formula is C15H32N2O3. The molecule has 0 amide bonds. The van der Waals surface area contributed by atoms with Crippen LogP contribution in [-0.4, -0.2) is 61.9 Å². The summed E-state index contributed by atoms with van der Waals surface area (Å²) in [6, 6.07) is 0.218. The largest absolute Gasteiger partial charge is 0.465 e. The predicted molar refractivity (Wildman–Crippen MR) is 81.9 cm³/mol. The minimum Gasteiger partial charge on any atom is -0.465 e. The molecule has 0 heterocycles. The first kappa shape index (κ1) is 19.4. The molecule has 1 N–H and O–H groups in total. The molecule has 0 aromatic carbocycles. The topological polar surface area (TPSA) is 50.8 Å². The third-order valence-corrected chi connectivity index (χ3v) is 3.08. The van der Waals surface area contributed by atoms with Crippen LogP contribution in [0.4, 0.5) is 0 Å². The Morgan fingerprint density at radius 2 is 1.90 bits per heavy atom. The van der Waals surface area contributed by atoms with Gasteiger partial charge in [0.15, 0.2) is 0 Å². The average molecular weight is 288 g/mol. The maximum atomic E-state index is 12.2. The molecule has 0 bridgehead atoms. The molecule has 0 rings (SSSR count). The van der Waals surface area contributed by atoms with Gasteiger partial charge in [0.25, 0.3) is 0 Å². The van der Waals surface area contributed by atoms with Crippen molar-refractivity contribution in [1.29, 1.82) is 0 Å². The van der Waals surface area contributed by atoms with E-state index in [0.717, 1.165) is 19.7 Å². The van der Waals surface area contributed by atoms with Crippen molar-refractivity contribution in [3.05, 3.63) is 0 Å². The number of rotatable bonds is 11. The number of nitrogens with zero attached hydrogens (tertiary/aromatic N) is 1. The number of likely N-dealkylation sites (N-methyl/N-ethyl adjacent to an activating group) is 1. The molecule has 0 fully saturated rings. The molecule has 5 heteroatoms. The lowest BCUT2D eigenvalue weighted by atomic mass is 10.0. The van der Waals surface area contributed by atoms with Crippen molar-refractivity contribution in [3.8, 4) is 0 Å². The normalized spacial score (nSPS) is 14.6. The van der Waals surface area contributed by atoms with E-state index in [4.69, 9.17) is 9.47 Å². The number of carbonyl (C=O) groups is 1. The number of hydrogen-bond donors (Lipinski definition) is 1. The average Bonchev–Trinajstić information content (AvgIpc) is 2.37. The van der Waals surface area contributed by atoms with Crippen LogP contribution in [0.5, 0.6) is 0 Å². The Labute approximate surface area is 124 Å². The van der Waals surface area contributed by atoms with Gasteiger partial charge in [0.2, 0.25) is 0 Å². The summed E-state index contributed by atoms with van der Waals surface area (Å²) in [5, 5.41) is 3.34. The van der Waals surface area contributed by atoms with E-state index in [1.54, 1.807) is 0 Å². The molecular weight excluding hydrogens is 256 g/mol. The van der Waals surface area contributed by atoms with Gasteiger partial charge in [-0.15, -0.1) is 0 Å². The summed E-state index contributed by atoms with van der Waals surface area (Å²) in [6.45, 7) is 16.0. The highest BCUT2D eigenvalue weighted by atomic mass is 16.5. The lowest BCUT2D eigenvalue weighted by Crippen LogP contribution is -2.59. The second-order valence-corrected chi connectivity index (χ2v) is 5.42. The van der Waals surface area contributed by atoms with Crippen LogP contribution in [0.3, 0.4) is 0 Å². The van der Waals surface area contributed by atoms with Gasteiger partial charge >= 0.3 is 5.97 Å². The van der Waals surface area contributed by atoms with Gasteiger partial charge < -0.3 is 9.47 Å². The van der Waals surface area contributed by atoms with E-state index in [9.17, 15) is 4.79 Å². The molecule has 0 aliphatic carbocycles. The van der Waals surface area contributed by atoms with Crippen LogP contribution >= 0.6 is 0 Å². The van der Waals surface area contributed by atoms with Gasteiger partial charge in [-0.3, -0.25) is 15.0 Å². The first-order valence-electron chi connectivity index (χ1n) is 7.64. The molecule has 0 aliphatic rings. The Balaban J connectivity index is 4.70. The molecule has 0 radical (unpaired) electrons. The Hall–Kier alpha value is -0.650. The molecule has 1 atom stereocenters. The highest BCUT2D eigenvalue weighted by molar-refractivity contribution is 5.80. The molecule has 0 spiro atoms. The van der Waals surface area contributed by atoms with E-state index >= 15 is 0 Å². The SMILES string of the molecule is CCOCCN(CC)CC(C)(NC(C)C)C(=O)OCC. The van der Waals surface area contributed by atoms with E-state index in [0.29, 0.717) is 19.8 Å². The van der Waals surface area contributed by atoms with Crippen molar-refractivity contribution in [2.45, 2.75) is 53.1 Å². The molecule has 0 aromatic rings. The highest BCUT2D eigenvalue weighted by Crippen LogP contribution is 2.11. The Kier molecular flexibility index (Phi) is 9.80. The van der Waals surface area contributed by atoms with Crippen LogP contribution in [0, 0.1) is 0 Å². The number of esters is 1. The minimum atomic E-state index is -0.688. The van der Waals surface area contributed by atoms with Crippen molar-refractivity contribution >= 4 is 5.97 Å². The quantitative estimate of drug-likeness (QED) is 0.463. The van der Waals surface area contributed by atoms with Crippen LogP contribution in [0.2, 0.25) is 0 Å². The van der Waals surface area contributed by atoms with Gasteiger partial charge in [-0.25, -0.2) is 0 Å². The summed E-state index contributed by atoms with van der Waals surface area (Å²) in [5.74, 6) is -0.191. The molecule has 1 unspecified atom stereocenters. The minimum absolute atomic E-state index is 0.191. The zero-order valence-electron chi connectivity index (χ0n) is 14.0. The zero-order chi connectivity index (χ0) is 15.6. The zero-order valence-corrected chi connectivity index (χ0v) is 14.0. The van der Waals surface area contributed by atoms with Crippen molar-refractivity contribution in [2.75, 3.05) is 39.5 Å². The van der Waals surface area contributed by atoms with Gasteiger partial charge in [0, 0.05) is 25.7 Å². The number of ether oxygens (including phenoxy) is 2. The number of carbonyl (C=O) groups excluding carboxylic acids is 1. The maximum Gasteiger partial charge on any atom is 0.327 e. The fourth-order valence-corrected chi connectivity index (χ4v) is 2.23. The van der Waals surface area contributed by atoms with Crippen LogP contribution in [0.15, 0.2) is 0 Å².